The summed E-state index contributed by atoms with van der Waals surface area (Å²) < 4.78 is 12.8. The molecule has 0 saturated heterocycles. The molecular formula is C44H26N4O2. The van der Waals surface area contributed by atoms with Gasteiger partial charge in [0.25, 0.3) is 0 Å². The third-order valence-electron chi connectivity index (χ3n) is 9.14. The Hall–Kier alpha value is -6.92. The first-order valence-corrected chi connectivity index (χ1v) is 16.5. The molecule has 10 aromatic rings. The van der Waals surface area contributed by atoms with E-state index in [1.165, 1.54) is 5.56 Å². The molecular weight excluding hydrogens is 617 g/mol. The molecule has 0 fully saturated rings. The molecule has 234 valence electrons. The van der Waals surface area contributed by atoms with E-state index in [1.807, 2.05) is 91.0 Å². The molecule has 0 aliphatic heterocycles. The summed E-state index contributed by atoms with van der Waals surface area (Å²) >= 11 is 0. The maximum atomic E-state index is 6.58. The van der Waals surface area contributed by atoms with Crippen LogP contribution in [0.4, 0.5) is 0 Å². The van der Waals surface area contributed by atoms with Gasteiger partial charge in [-0.25, -0.2) is 19.9 Å². The van der Waals surface area contributed by atoms with Crippen molar-refractivity contribution in [2.45, 2.75) is 0 Å². The largest absolute Gasteiger partial charge is 0.455 e. The normalized spacial score (nSPS) is 11.6. The zero-order chi connectivity index (χ0) is 33.0. The Labute approximate surface area is 286 Å². The number of aromatic nitrogens is 4. The number of oxazole rings is 1. The third kappa shape index (κ3) is 4.81. The molecule has 7 aromatic carbocycles. The van der Waals surface area contributed by atoms with Crippen molar-refractivity contribution in [3.63, 3.8) is 0 Å². The van der Waals surface area contributed by atoms with E-state index in [2.05, 4.69) is 66.7 Å². The van der Waals surface area contributed by atoms with Gasteiger partial charge in [-0.2, -0.15) is 0 Å². The summed E-state index contributed by atoms with van der Waals surface area (Å²) in [5.41, 5.74) is 8.69. The molecule has 0 spiro atoms. The fourth-order valence-corrected chi connectivity index (χ4v) is 6.64. The van der Waals surface area contributed by atoms with Crippen molar-refractivity contribution in [2.75, 3.05) is 0 Å². The lowest BCUT2D eigenvalue weighted by atomic mass is 10.00. The van der Waals surface area contributed by atoms with Gasteiger partial charge in [0.1, 0.15) is 16.7 Å². The van der Waals surface area contributed by atoms with Crippen molar-refractivity contribution >= 4 is 43.8 Å². The highest BCUT2D eigenvalue weighted by molar-refractivity contribution is 6.12. The molecule has 3 heterocycles. The Morgan fingerprint density at radius 2 is 1.00 bits per heavy atom. The van der Waals surface area contributed by atoms with E-state index >= 15 is 0 Å². The van der Waals surface area contributed by atoms with Crippen LogP contribution in [0.15, 0.2) is 167 Å². The Bertz CT molecular complexity index is 2860. The molecule has 0 unspecified atom stereocenters. The fourth-order valence-electron chi connectivity index (χ4n) is 6.64. The molecule has 50 heavy (non-hydrogen) atoms. The Morgan fingerprint density at radius 1 is 0.360 bits per heavy atom. The van der Waals surface area contributed by atoms with Crippen molar-refractivity contribution in [3.8, 4) is 56.7 Å². The van der Waals surface area contributed by atoms with Gasteiger partial charge in [-0.15, -0.1) is 0 Å². The average Bonchev–Trinajstić information content (AvgIpc) is 3.78. The van der Waals surface area contributed by atoms with E-state index in [0.29, 0.717) is 40.1 Å². The van der Waals surface area contributed by atoms with Gasteiger partial charge in [0.05, 0.1) is 5.56 Å². The van der Waals surface area contributed by atoms with Crippen molar-refractivity contribution in [1.82, 2.24) is 19.9 Å². The van der Waals surface area contributed by atoms with E-state index in [4.69, 9.17) is 28.8 Å². The predicted molar refractivity (Wildman–Crippen MR) is 199 cm³/mol. The molecule has 6 heteroatoms. The van der Waals surface area contributed by atoms with Crippen LogP contribution in [0.5, 0.6) is 0 Å². The van der Waals surface area contributed by atoms with E-state index in [9.17, 15) is 0 Å². The van der Waals surface area contributed by atoms with Gasteiger partial charge in [-0.3, -0.25) is 0 Å². The predicted octanol–water partition coefficient (Wildman–Crippen LogP) is 11.4. The summed E-state index contributed by atoms with van der Waals surface area (Å²) in [6, 6.07) is 53.2. The second-order valence-electron chi connectivity index (χ2n) is 12.3. The minimum absolute atomic E-state index is 0.532. The number of fused-ring (bicyclic) bond motifs is 5. The lowest BCUT2D eigenvalue weighted by Gasteiger charge is -2.10. The second kappa shape index (κ2) is 11.4. The van der Waals surface area contributed by atoms with Gasteiger partial charge in [0.15, 0.2) is 23.1 Å². The van der Waals surface area contributed by atoms with Crippen molar-refractivity contribution in [1.29, 1.82) is 0 Å². The number of para-hydroxylation sites is 1. The van der Waals surface area contributed by atoms with Gasteiger partial charge in [0.2, 0.25) is 5.89 Å². The summed E-state index contributed by atoms with van der Waals surface area (Å²) in [4.78, 5) is 19.9. The quantitative estimate of drug-likeness (QED) is 0.186. The summed E-state index contributed by atoms with van der Waals surface area (Å²) in [7, 11) is 0. The zero-order valence-corrected chi connectivity index (χ0v) is 26.6. The fraction of sp³-hybridized carbons (Fsp3) is 0. The molecule has 0 bridgehead atoms. The zero-order valence-electron chi connectivity index (χ0n) is 26.6. The second-order valence-corrected chi connectivity index (χ2v) is 12.3. The molecule has 6 nitrogen and oxygen atoms in total. The van der Waals surface area contributed by atoms with Gasteiger partial charge in [0, 0.05) is 33.5 Å². The Balaban J connectivity index is 1.13. The van der Waals surface area contributed by atoms with Crippen molar-refractivity contribution in [3.05, 3.63) is 158 Å². The molecule has 0 amide bonds. The molecule has 0 aliphatic rings. The van der Waals surface area contributed by atoms with Crippen molar-refractivity contribution < 1.29 is 8.83 Å². The van der Waals surface area contributed by atoms with Crippen LogP contribution >= 0.6 is 0 Å². The molecule has 0 aliphatic carbocycles. The summed E-state index contributed by atoms with van der Waals surface area (Å²) in [6.45, 7) is 0. The maximum Gasteiger partial charge on any atom is 0.227 e. The summed E-state index contributed by atoms with van der Waals surface area (Å²) in [5, 5.41) is 4.14. The molecule has 3 aromatic heterocycles. The third-order valence-corrected chi connectivity index (χ3v) is 9.14. The number of furan rings is 1. The first-order valence-electron chi connectivity index (χ1n) is 16.5. The highest BCUT2D eigenvalue weighted by atomic mass is 16.4. The van der Waals surface area contributed by atoms with E-state index in [1.54, 1.807) is 0 Å². The number of hydrogen-bond acceptors (Lipinski definition) is 6. The van der Waals surface area contributed by atoms with Crippen LogP contribution < -0.4 is 0 Å². The van der Waals surface area contributed by atoms with Gasteiger partial charge in [-0.1, -0.05) is 115 Å². The smallest absolute Gasteiger partial charge is 0.227 e. The van der Waals surface area contributed by atoms with Crippen LogP contribution in [0.1, 0.15) is 0 Å². The number of nitrogens with zero attached hydrogens (tertiary/aromatic N) is 4. The SMILES string of the molecule is c1ccc(-c2ccc3ccc(-c4nc(-c5ccccc5)nc(-c5cccc6c5oc5cc7nc(-c8ccccc8)oc7cc56)n4)cc3c2)cc1. The Morgan fingerprint density at radius 3 is 1.76 bits per heavy atom. The maximum absolute atomic E-state index is 6.58. The lowest BCUT2D eigenvalue weighted by molar-refractivity contribution is 0.620. The van der Waals surface area contributed by atoms with Crippen molar-refractivity contribution in [2.24, 2.45) is 0 Å². The molecule has 0 saturated carbocycles. The van der Waals surface area contributed by atoms with Gasteiger partial charge < -0.3 is 8.83 Å². The van der Waals surface area contributed by atoms with E-state index in [-0.39, 0.29) is 0 Å². The minimum atomic E-state index is 0.532. The van der Waals surface area contributed by atoms with Crippen LogP contribution in [0.25, 0.3) is 101 Å². The van der Waals surface area contributed by atoms with Crippen LogP contribution in [0.2, 0.25) is 0 Å². The van der Waals surface area contributed by atoms with Crippen LogP contribution in [-0.2, 0) is 0 Å². The molecule has 0 N–H and O–H groups in total. The van der Waals surface area contributed by atoms with Gasteiger partial charge >= 0.3 is 0 Å². The highest BCUT2D eigenvalue weighted by Crippen LogP contribution is 2.38. The summed E-state index contributed by atoms with van der Waals surface area (Å²) in [5.74, 6) is 2.29. The topological polar surface area (TPSA) is 77.8 Å². The number of hydrogen-bond donors (Lipinski definition) is 0. The highest BCUT2D eigenvalue weighted by Gasteiger charge is 2.19. The Kier molecular flexibility index (Phi) is 6.39. The van der Waals surface area contributed by atoms with E-state index < -0.39 is 0 Å². The minimum Gasteiger partial charge on any atom is -0.455 e. The van der Waals surface area contributed by atoms with Gasteiger partial charge in [-0.05, 0) is 58.3 Å². The van der Waals surface area contributed by atoms with Crippen LogP contribution in [0, 0.1) is 0 Å². The van der Waals surface area contributed by atoms with Crippen LogP contribution in [-0.4, -0.2) is 19.9 Å². The molecule has 10 rings (SSSR count). The number of benzene rings is 7. The lowest BCUT2D eigenvalue weighted by Crippen LogP contribution is -2.00. The standard InChI is InChI=1S/C44H26N4O2/c1-4-11-27(12-5-1)31-21-19-28-20-22-32(24-33(28)23-31)42-46-41(29-13-6-2-7-14-29)47-43(48-42)35-18-10-17-34-36-25-39-37(26-38(36)49-40(34)35)45-44(50-39)30-15-8-3-9-16-30/h1-26H. The molecule has 0 atom stereocenters. The molecule has 0 radical (unpaired) electrons. The van der Waals surface area contributed by atoms with E-state index in [0.717, 1.165) is 54.9 Å². The van der Waals surface area contributed by atoms with Crippen LogP contribution in [0.3, 0.4) is 0 Å². The summed E-state index contributed by atoms with van der Waals surface area (Å²) in [6.07, 6.45) is 0. The monoisotopic (exact) mass is 642 g/mol. The number of rotatable bonds is 5. The average molecular weight is 643 g/mol. The first-order chi connectivity index (χ1) is 24.7. The first kappa shape index (κ1) is 28.1.